The second kappa shape index (κ2) is 6.87. The average molecular weight is 287 g/mol. The largest absolute Gasteiger partial charge is 0.319 e. The predicted octanol–water partition coefficient (Wildman–Crippen LogP) is 3.55. The lowest BCUT2D eigenvalue weighted by atomic mass is 9.85. The molecular weight excluding hydrogens is 258 g/mol. The van der Waals surface area contributed by atoms with Crippen molar-refractivity contribution in [2.45, 2.75) is 70.6 Å². The molecule has 0 amide bonds. The smallest absolute Gasteiger partial charge is 0.131 e. The number of nitrogens with one attached hydrogen (secondary N) is 1. The van der Waals surface area contributed by atoms with Gasteiger partial charge in [0.2, 0.25) is 0 Å². The van der Waals surface area contributed by atoms with Crippen molar-refractivity contribution in [3.63, 3.8) is 0 Å². The molecule has 0 aromatic carbocycles. The van der Waals surface area contributed by atoms with Gasteiger partial charge in [0.1, 0.15) is 5.82 Å². The minimum Gasteiger partial charge on any atom is -0.319 e. The SMILES string of the molecule is CNCC1CCc2nc(C3CCCCCC3)nc(C)c2C1. The molecule has 2 aliphatic carbocycles. The summed E-state index contributed by atoms with van der Waals surface area (Å²) in [6.45, 7) is 3.31. The number of rotatable bonds is 3. The Morgan fingerprint density at radius 1 is 1.05 bits per heavy atom. The first-order chi connectivity index (χ1) is 10.3. The molecule has 2 aliphatic rings. The van der Waals surface area contributed by atoms with Gasteiger partial charge < -0.3 is 5.32 Å². The molecule has 0 aliphatic heterocycles. The number of aryl methyl sites for hydroxylation is 2. The summed E-state index contributed by atoms with van der Waals surface area (Å²) in [6, 6.07) is 0. The van der Waals surface area contributed by atoms with Gasteiger partial charge in [-0.05, 0) is 64.1 Å². The molecule has 21 heavy (non-hydrogen) atoms. The maximum Gasteiger partial charge on any atom is 0.131 e. The Morgan fingerprint density at radius 3 is 2.52 bits per heavy atom. The van der Waals surface area contributed by atoms with E-state index in [1.807, 2.05) is 7.05 Å². The van der Waals surface area contributed by atoms with E-state index in [0.717, 1.165) is 31.1 Å². The lowest BCUT2D eigenvalue weighted by Crippen LogP contribution is -2.27. The van der Waals surface area contributed by atoms with Gasteiger partial charge in [-0.15, -0.1) is 0 Å². The van der Waals surface area contributed by atoms with Crippen LogP contribution in [-0.2, 0) is 12.8 Å². The van der Waals surface area contributed by atoms with Crippen molar-refractivity contribution in [3.05, 3.63) is 22.8 Å². The minimum atomic E-state index is 0.617. The summed E-state index contributed by atoms with van der Waals surface area (Å²) in [4.78, 5) is 9.92. The highest BCUT2D eigenvalue weighted by Gasteiger charge is 2.24. The van der Waals surface area contributed by atoms with E-state index in [-0.39, 0.29) is 0 Å². The van der Waals surface area contributed by atoms with E-state index in [2.05, 4.69) is 12.2 Å². The molecule has 1 fully saturated rings. The molecule has 3 nitrogen and oxygen atoms in total. The van der Waals surface area contributed by atoms with Crippen molar-refractivity contribution >= 4 is 0 Å². The Bertz CT molecular complexity index is 476. The normalized spacial score (nSPS) is 23.6. The maximum absolute atomic E-state index is 5.00. The number of nitrogens with zero attached hydrogens (tertiary/aromatic N) is 2. The van der Waals surface area contributed by atoms with Crippen molar-refractivity contribution in [2.24, 2.45) is 5.92 Å². The standard InChI is InChI=1S/C18H29N3/c1-13-16-11-14(12-19-2)9-10-17(16)21-18(20-13)15-7-5-3-4-6-8-15/h14-15,19H,3-12H2,1-2H3. The van der Waals surface area contributed by atoms with E-state index in [1.54, 1.807) is 0 Å². The lowest BCUT2D eigenvalue weighted by Gasteiger charge is -2.26. The zero-order valence-corrected chi connectivity index (χ0v) is 13.6. The van der Waals surface area contributed by atoms with Crippen molar-refractivity contribution in [1.29, 1.82) is 0 Å². The molecule has 1 unspecified atom stereocenters. The topological polar surface area (TPSA) is 37.8 Å². The summed E-state index contributed by atoms with van der Waals surface area (Å²) in [5.41, 5.74) is 4.05. The van der Waals surface area contributed by atoms with Crippen LogP contribution in [0.5, 0.6) is 0 Å². The van der Waals surface area contributed by atoms with Crippen LogP contribution in [0.2, 0.25) is 0 Å². The highest BCUT2D eigenvalue weighted by molar-refractivity contribution is 5.29. The molecule has 1 atom stereocenters. The Kier molecular flexibility index (Phi) is 4.89. The molecule has 0 radical (unpaired) electrons. The summed E-state index contributed by atoms with van der Waals surface area (Å²) in [6.07, 6.45) is 11.7. The fourth-order valence-corrected chi connectivity index (χ4v) is 4.07. The summed E-state index contributed by atoms with van der Waals surface area (Å²) < 4.78 is 0. The minimum absolute atomic E-state index is 0.617. The second-order valence-corrected chi connectivity index (χ2v) is 6.95. The van der Waals surface area contributed by atoms with E-state index < -0.39 is 0 Å². The van der Waals surface area contributed by atoms with Crippen molar-refractivity contribution in [1.82, 2.24) is 15.3 Å². The average Bonchev–Trinajstić information content (AvgIpc) is 2.77. The van der Waals surface area contributed by atoms with Gasteiger partial charge in [-0.25, -0.2) is 9.97 Å². The summed E-state index contributed by atoms with van der Waals surface area (Å²) in [5.74, 6) is 2.53. The molecule has 1 saturated carbocycles. The summed E-state index contributed by atoms with van der Waals surface area (Å²) in [7, 11) is 2.05. The second-order valence-electron chi connectivity index (χ2n) is 6.95. The van der Waals surface area contributed by atoms with Gasteiger partial charge in [-0.2, -0.15) is 0 Å². The van der Waals surface area contributed by atoms with E-state index in [0.29, 0.717) is 5.92 Å². The highest BCUT2D eigenvalue weighted by atomic mass is 14.9. The summed E-state index contributed by atoms with van der Waals surface area (Å²) >= 11 is 0. The number of fused-ring (bicyclic) bond motifs is 1. The molecule has 3 rings (SSSR count). The molecule has 1 N–H and O–H groups in total. The van der Waals surface area contributed by atoms with Crippen LogP contribution in [0.15, 0.2) is 0 Å². The van der Waals surface area contributed by atoms with Crippen LogP contribution in [0, 0.1) is 12.8 Å². The Labute approximate surface area is 129 Å². The molecule has 1 heterocycles. The molecule has 1 aromatic heterocycles. The Balaban J connectivity index is 1.81. The zero-order chi connectivity index (χ0) is 14.7. The van der Waals surface area contributed by atoms with Gasteiger partial charge in [0.05, 0.1) is 0 Å². The van der Waals surface area contributed by atoms with Gasteiger partial charge in [0.15, 0.2) is 0 Å². The van der Waals surface area contributed by atoms with E-state index in [9.17, 15) is 0 Å². The van der Waals surface area contributed by atoms with Crippen LogP contribution in [0.4, 0.5) is 0 Å². The Morgan fingerprint density at radius 2 is 1.81 bits per heavy atom. The van der Waals surface area contributed by atoms with Crippen LogP contribution in [0.1, 0.15) is 73.6 Å². The molecular formula is C18H29N3. The van der Waals surface area contributed by atoms with E-state index >= 15 is 0 Å². The van der Waals surface area contributed by atoms with Gasteiger partial charge in [-0.1, -0.05) is 25.7 Å². The molecule has 1 aromatic rings. The lowest BCUT2D eigenvalue weighted by molar-refractivity contribution is 0.429. The molecule has 116 valence electrons. The number of hydrogen-bond acceptors (Lipinski definition) is 3. The number of hydrogen-bond donors (Lipinski definition) is 1. The van der Waals surface area contributed by atoms with Gasteiger partial charge in [-0.3, -0.25) is 0 Å². The first-order valence-electron chi connectivity index (χ1n) is 8.79. The van der Waals surface area contributed by atoms with Gasteiger partial charge in [0.25, 0.3) is 0 Å². The maximum atomic E-state index is 5.00. The molecule has 0 spiro atoms. The molecule has 0 bridgehead atoms. The highest BCUT2D eigenvalue weighted by Crippen LogP contribution is 2.32. The van der Waals surface area contributed by atoms with E-state index in [1.165, 1.54) is 61.9 Å². The monoisotopic (exact) mass is 287 g/mol. The van der Waals surface area contributed by atoms with Gasteiger partial charge >= 0.3 is 0 Å². The fraction of sp³-hybridized carbons (Fsp3) is 0.778. The van der Waals surface area contributed by atoms with Crippen molar-refractivity contribution in [2.75, 3.05) is 13.6 Å². The quantitative estimate of drug-likeness (QED) is 0.864. The third-order valence-corrected chi connectivity index (χ3v) is 5.31. The molecule has 3 heteroatoms. The fourth-order valence-electron chi connectivity index (χ4n) is 4.07. The van der Waals surface area contributed by atoms with Crippen LogP contribution >= 0.6 is 0 Å². The van der Waals surface area contributed by atoms with Crippen LogP contribution in [0.3, 0.4) is 0 Å². The molecule has 0 saturated heterocycles. The van der Waals surface area contributed by atoms with Crippen LogP contribution < -0.4 is 5.32 Å². The summed E-state index contributed by atoms with van der Waals surface area (Å²) in [5, 5.41) is 3.32. The van der Waals surface area contributed by atoms with Crippen molar-refractivity contribution in [3.8, 4) is 0 Å². The van der Waals surface area contributed by atoms with Gasteiger partial charge in [0, 0.05) is 17.3 Å². The first kappa shape index (κ1) is 15.0. The Hall–Kier alpha value is -0.960. The zero-order valence-electron chi connectivity index (χ0n) is 13.6. The predicted molar refractivity (Wildman–Crippen MR) is 86.7 cm³/mol. The van der Waals surface area contributed by atoms with Crippen molar-refractivity contribution < 1.29 is 0 Å². The third-order valence-electron chi connectivity index (χ3n) is 5.31. The van der Waals surface area contributed by atoms with Crippen LogP contribution in [-0.4, -0.2) is 23.6 Å². The van der Waals surface area contributed by atoms with E-state index in [4.69, 9.17) is 9.97 Å². The third kappa shape index (κ3) is 3.45. The number of aromatic nitrogens is 2. The van der Waals surface area contributed by atoms with Crippen LogP contribution in [0.25, 0.3) is 0 Å². The first-order valence-corrected chi connectivity index (χ1v) is 8.79.